The molecule has 0 fully saturated rings. The maximum atomic E-state index is 13.8. The predicted octanol–water partition coefficient (Wildman–Crippen LogP) is 3.76. The van der Waals surface area contributed by atoms with Crippen molar-refractivity contribution >= 4 is 11.4 Å². The van der Waals surface area contributed by atoms with Crippen LogP contribution in [0.5, 0.6) is 5.75 Å². The first-order chi connectivity index (χ1) is 12.5. The van der Waals surface area contributed by atoms with E-state index in [9.17, 15) is 14.5 Å². The van der Waals surface area contributed by atoms with Crippen LogP contribution in [0, 0.1) is 15.9 Å². The van der Waals surface area contributed by atoms with Gasteiger partial charge in [0, 0.05) is 37.0 Å². The zero-order chi connectivity index (χ0) is 18.7. The van der Waals surface area contributed by atoms with Gasteiger partial charge in [0.15, 0.2) is 11.6 Å². The fourth-order valence-electron chi connectivity index (χ4n) is 2.69. The molecule has 26 heavy (non-hydrogen) atoms. The van der Waals surface area contributed by atoms with Crippen molar-refractivity contribution in [3.63, 3.8) is 0 Å². The normalized spacial score (nSPS) is 10.6. The second-order valence-electron chi connectivity index (χ2n) is 5.66. The Morgan fingerprint density at radius 2 is 2.04 bits per heavy atom. The van der Waals surface area contributed by atoms with E-state index >= 15 is 0 Å². The molecule has 0 radical (unpaired) electrons. The van der Waals surface area contributed by atoms with Crippen LogP contribution in [0.25, 0.3) is 11.3 Å². The highest BCUT2D eigenvalue weighted by Crippen LogP contribution is 2.32. The van der Waals surface area contributed by atoms with Gasteiger partial charge >= 0.3 is 0 Å². The van der Waals surface area contributed by atoms with Gasteiger partial charge in [-0.05, 0) is 0 Å². The van der Waals surface area contributed by atoms with Crippen molar-refractivity contribution in [2.24, 2.45) is 7.05 Å². The predicted molar refractivity (Wildman–Crippen MR) is 95.6 cm³/mol. The third-order valence-electron chi connectivity index (χ3n) is 3.89. The van der Waals surface area contributed by atoms with Crippen LogP contribution in [0.1, 0.15) is 5.56 Å². The SMILES string of the molecule is COc1cc(NCc2cn(C)nc2-c2ccccc2)c([N+](=O)[O-])cc1F. The summed E-state index contributed by atoms with van der Waals surface area (Å²) in [5.41, 5.74) is 2.40. The second kappa shape index (κ2) is 7.22. The van der Waals surface area contributed by atoms with Crippen molar-refractivity contribution in [3.8, 4) is 17.0 Å². The number of nitrogens with one attached hydrogen (secondary N) is 1. The Bertz CT molecular complexity index is 941. The molecule has 1 N–H and O–H groups in total. The fourth-order valence-corrected chi connectivity index (χ4v) is 2.69. The van der Waals surface area contributed by atoms with Crippen molar-refractivity contribution in [2.75, 3.05) is 12.4 Å². The van der Waals surface area contributed by atoms with Gasteiger partial charge in [-0.2, -0.15) is 5.10 Å². The van der Waals surface area contributed by atoms with Crippen molar-refractivity contribution < 1.29 is 14.1 Å². The Balaban J connectivity index is 1.92. The van der Waals surface area contributed by atoms with E-state index in [1.807, 2.05) is 36.5 Å². The molecule has 0 unspecified atom stereocenters. The number of nitro benzene ring substituents is 1. The van der Waals surface area contributed by atoms with Gasteiger partial charge in [0.25, 0.3) is 5.69 Å². The topological polar surface area (TPSA) is 82.2 Å². The van der Waals surface area contributed by atoms with Crippen LogP contribution in [0.2, 0.25) is 0 Å². The first-order valence-corrected chi connectivity index (χ1v) is 7.83. The molecular weight excluding hydrogens is 339 g/mol. The molecule has 7 nitrogen and oxygen atoms in total. The minimum Gasteiger partial charge on any atom is -0.494 e. The number of aromatic nitrogens is 2. The van der Waals surface area contributed by atoms with Crippen molar-refractivity contribution in [1.82, 2.24) is 9.78 Å². The maximum Gasteiger partial charge on any atom is 0.295 e. The first-order valence-electron chi connectivity index (χ1n) is 7.83. The molecule has 0 aliphatic rings. The lowest BCUT2D eigenvalue weighted by Gasteiger charge is -2.10. The summed E-state index contributed by atoms with van der Waals surface area (Å²) in [6.45, 7) is 0.285. The minimum atomic E-state index is -0.781. The van der Waals surface area contributed by atoms with E-state index in [0.717, 1.165) is 22.9 Å². The van der Waals surface area contributed by atoms with Crippen molar-refractivity contribution in [2.45, 2.75) is 6.54 Å². The zero-order valence-corrected chi connectivity index (χ0v) is 14.3. The summed E-state index contributed by atoms with van der Waals surface area (Å²) in [4.78, 5) is 10.6. The van der Waals surface area contributed by atoms with E-state index < -0.39 is 10.7 Å². The van der Waals surface area contributed by atoms with Gasteiger partial charge in [0.1, 0.15) is 5.69 Å². The van der Waals surface area contributed by atoms with Crippen molar-refractivity contribution in [3.05, 3.63) is 70.2 Å². The number of hydrogen-bond donors (Lipinski definition) is 1. The van der Waals surface area contributed by atoms with Gasteiger partial charge in [-0.15, -0.1) is 0 Å². The van der Waals surface area contributed by atoms with Gasteiger partial charge in [-0.1, -0.05) is 30.3 Å². The van der Waals surface area contributed by atoms with Crippen LogP contribution >= 0.6 is 0 Å². The molecule has 1 heterocycles. The van der Waals surface area contributed by atoms with Crippen LogP contribution in [0.15, 0.2) is 48.7 Å². The zero-order valence-electron chi connectivity index (χ0n) is 14.3. The summed E-state index contributed by atoms with van der Waals surface area (Å²) in [7, 11) is 3.11. The van der Waals surface area contributed by atoms with E-state index in [1.165, 1.54) is 13.2 Å². The molecule has 134 valence electrons. The number of ether oxygens (including phenoxy) is 1. The standard InChI is InChI=1S/C18H17FN4O3/c1-22-11-13(18(21-22)12-6-4-3-5-7-12)10-20-15-9-17(26-2)14(19)8-16(15)23(24)25/h3-9,11,20H,10H2,1-2H3. The summed E-state index contributed by atoms with van der Waals surface area (Å²) in [5.74, 6) is -0.844. The highest BCUT2D eigenvalue weighted by molar-refractivity contribution is 5.67. The Hall–Kier alpha value is -3.42. The summed E-state index contributed by atoms with van der Waals surface area (Å²) >= 11 is 0. The molecule has 0 aliphatic carbocycles. The molecule has 0 spiro atoms. The van der Waals surface area contributed by atoms with Gasteiger partial charge in [0.2, 0.25) is 0 Å². The number of benzene rings is 2. The Kier molecular flexibility index (Phi) is 4.83. The largest absolute Gasteiger partial charge is 0.494 e. The molecule has 3 rings (SSSR count). The summed E-state index contributed by atoms with van der Waals surface area (Å²) in [6.07, 6.45) is 1.84. The number of nitro groups is 1. The second-order valence-corrected chi connectivity index (χ2v) is 5.66. The van der Waals surface area contributed by atoms with E-state index in [0.29, 0.717) is 0 Å². The Morgan fingerprint density at radius 3 is 2.69 bits per heavy atom. The summed E-state index contributed by atoms with van der Waals surface area (Å²) < 4.78 is 20.4. The van der Waals surface area contributed by atoms with Crippen LogP contribution in [0.3, 0.4) is 0 Å². The molecule has 1 aromatic heterocycles. The number of methoxy groups -OCH3 is 1. The van der Waals surface area contributed by atoms with Gasteiger partial charge < -0.3 is 10.1 Å². The number of halogens is 1. The molecule has 0 aliphatic heterocycles. The third kappa shape index (κ3) is 3.49. The van der Waals surface area contributed by atoms with E-state index in [-0.39, 0.29) is 23.7 Å². The maximum absolute atomic E-state index is 13.8. The summed E-state index contributed by atoms with van der Waals surface area (Å²) in [6, 6.07) is 11.8. The molecule has 0 saturated carbocycles. The lowest BCUT2D eigenvalue weighted by atomic mass is 10.1. The highest BCUT2D eigenvalue weighted by atomic mass is 19.1. The third-order valence-corrected chi connectivity index (χ3v) is 3.89. The molecule has 8 heteroatoms. The van der Waals surface area contributed by atoms with Crippen molar-refractivity contribution in [1.29, 1.82) is 0 Å². The molecule has 0 bridgehead atoms. The number of nitrogens with zero attached hydrogens (tertiary/aromatic N) is 3. The van der Waals surface area contributed by atoms with Crippen LogP contribution in [-0.2, 0) is 13.6 Å². The molecule has 0 atom stereocenters. The van der Waals surface area contributed by atoms with Crippen LogP contribution < -0.4 is 10.1 Å². The van der Waals surface area contributed by atoms with E-state index in [4.69, 9.17) is 4.74 Å². The average Bonchev–Trinajstić information content (AvgIpc) is 3.01. The summed E-state index contributed by atoms with van der Waals surface area (Å²) in [5, 5.41) is 18.7. The van der Waals surface area contributed by atoms with Crippen LogP contribution in [0.4, 0.5) is 15.8 Å². The van der Waals surface area contributed by atoms with Gasteiger partial charge in [-0.3, -0.25) is 14.8 Å². The Labute approximate surface area is 149 Å². The first kappa shape index (κ1) is 17.4. The van der Waals surface area contributed by atoms with Gasteiger partial charge in [0.05, 0.1) is 23.8 Å². The average molecular weight is 356 g/mol. The van der Waals surface area contributed by atoms with E-state index in [2.05, 4.69) is 10.4 Å². The molecule has 2 aromatic carbocycles. The lowest BCUT2D eigenvalue weighted by Crippen LogP contribution is -2.04. The lowest BCUT2D eigenvalue weighted by molar-refractivity contribution is -0.384. The quantitative estimate of drug-likeness (QED) is 0.537. The number of aryl methyl sites for hydroxylation is 1. The van der Waals surface area contributed by atoms with Gasteiger partial charge in [-0.25, -0.2) is 4.39 Å². The monoisotopic (exact) mass is 356 g/mol. The fraction of sp³-hybridized carbons (Fsp3) is 0.167. The minimum absolute atomic E-state index is 0.0624. The smallest absolute Gasteiger partial charge is 0.295 e. The molecular formula is C18H17FN4O3. The van der Waals surface area contributed by atoms with Crippen LogP contribution in [-0.4, -0.2) is 21.8 Å². The molecule has 0 amide bonds. The number of hydrogen-bond acceptors (Lipinski definition) is 5. The molecule has 0 saturated heterocycles. The van der Waals surface area contributed by atoms with E-state index in [1.54, 1.807) is 11.7 Å². The molecule has 3 aromatic rings. The highest BCUT2D eigenvalue weighted by Gasteiger charge is 2.20. The Morgan fingerprint density at radius 1 is 1.31 bits per heavy atom. The number of rotatable bonds is 6. The number of anilines is 1.